The quantitative estimate of drug-likeness (QED) is 0.769. The third kappa shape index (κ3) is 1.86. The van der Waals surface area contributed by atoms with E-state index in [2.05, 4.69) is 18.7 Å². The van der Waals surface area contributed by atoms with Crippen LogP contribution < -0.4 is 0 Å². The molecule has 0 aliphatic heterocycles. The first-order valence-corrected chi connectivity index (χ1v) is 5.52. The van der Waals surface area contributed by atoms with Gasteiger partial charge < -0.3 is 5.11 Å². The maximum absolute atomic E-state index is 10.2. The molecule has 1 N–H and O–H groups in total. The standard InChI is InChI=1S/C15H16O/c1-3-11(2)15(16)14-10-6-8-12-7-4-5-9-13(12)14/h3-11,15-16H,1H2,2H3/t11-,15-/m0/s1. The van der Waals surface area contributed by atoms with Crippen LogP contribution in [0.25, 0.3) is 10.8 Å². The third-order valence-corrected chi connectivity index (χ3v) is 3.01. The second-order valence-electron chi connectivity index (χ2n) is 4.11. The number of benzene rings is 2. The Kier molecular flexibility index (Phi) is 3.07. The largest absolute Gasteiger partial charge is 0.388 e. The van der Waals surface area contributed by atoms with Crippen molar-refractivity contribution in [3.63, 3.8) is 0 Å². The van der Waals surface area contributed by atoms with Crippen molar-refractivity contribution < 1.29 is 5.11 Å². The molecule has 0 aliphatic rings. The van der Waals surface area contributed by atoms with E-state index < -0.39 is 6.10 Å². The Balaban J connectivity index is 2.56. The molecule has 0 fully saturated rings. The van der Waals surface area contributed by atoms with Crippen LogP contribution in [0.5, 0.6) is 0 Å². The second-order valence-corrected chi connectivity index (χ2v) is 4.11. The van der Waals surface area contributed by atoms with Crippen molar-refractivity contribution >= 4 is 10.8 Å². The summed E-state index contributed by atoms with van der Waals surface area (Å²) < 4.78 is 0. The van der Waals surface area contributed by atoms with E-state index >= 15 is 0 Å². The molecule has 0 amide bonds. The van der Waals surface area contributed by atoms with Crippen LogP contribution in [0.15, 0.2) is 55.1 Å². The van der Waals surface area contributed by atoms with E-state index in [4.69, 9.17) is 0 Å². The highest BCUT2D eigenvalue weighted by molar-refractivity contribution is 5.86. The predicted molar refractivity (Wildman–Crippen MR) is 68.3 cm³/mol. The number of fused-ring (bicyclic) bond motifs is 1. The minimum absolute atomic E-state index is 0.0609. The highest BCUT2D eigenvalue weighted by atomic mass is 16.3. The first-order chi connectivity index (χ1) is 7.74. The molecule has 2 rings (SSSR count). The molecule has 0 bridgehead atoms. The van der Waals surface area contributed by atoms with E-state index in [1.807, 2.05) is 37.3 Å². The van der Waals surface area contributed by atoms with Gasteiger partial charge in [-0.15, -0.1) is 6.58 Å². The third-order valence-electron chi connectivity index (χ3n) is 3.01. The number of hydrogen-bond donors (Lipinski definition) is 1. The van der Waals surface area contributed by atoms with Crippen LogP contribution in [-0.2, 0) is 0 Å². The van der Waals surface area contributed by atoms with Gasteiger partial charge in [-0.3, -0.25) is 0 Å². The molecule has 1 nitrogen and oxygen atoms in total. The first kappa shape index (κ1) is 10.9. The van der Waals surface area contributed by atoms with Crippen molar-refractivity contribution in [2.75, 3.05) is 0 Å². The van der Waals surface area contributed by atoms with Crippen LogP contribution in [0.4, 0.5) is 0 Å². The first-order valence-electron chi connectivity index (χ1n) is 5.52. The Morgan fingerprint density at radius 1 is 1.12 bits per heavy atom. The lowest BCUT2D eigenvalue weighted by Gasteiger charge is -2.17. The SMILES string of the molecule is C=C[C@H](C)[C@H](O)c1cccc2ccccc12. The lowest BCUT2D eigenvalue weighted by molar-refractivity contribution is 0.141. The van der Waals surface area contributed by atoms with Gasteiger partial charge in [0.15, 0.2) is 0 Å². The molecule has 0 spiro atoms. The van der Waals surface area contributed by atoms with Gasteiger partial charge in [0, 0.05) is 5.92 Å². The average Bonchev–Trinajstić information content (AvgIpc) is 2.36. The molecule has 0 saturated carbocycles. The van der Waals surface area contributed by atoms with Gasteiger partial charge in [-0.1, -0.05) is 55.5 Å². The van der Waals surface area contributed by atoms with Gasteiger partial charge >= 0.3 is 0 Å². The lowest BCUT2D eigenvalue weighted by Crippen LogP contribution is -2.06. The van der Waals surface area contributed by atoms with Crippen molar-refractivity contribution in [3.05, 3.63) is 60.7 Å². The van der Waals surface area contributed by atoms with Gasteiger partial charge in [0.2, 0.25) is 0 Å². The van der Waals surface area contributed by atoms with Crippen molar-refractivity contribution in [2.45, 2.75) is 13.0 Å². The summed E-state index contributed by atoms with van der Waals surface area (Å²) in [5, 5.41) is 12.5. The Bertz CT molecular complexity index is 496. The molecular weight excluding hydrogens is 196 g/mol. The summed E-state index contributed by atoms with van der Waals surface area (Å²) >= 11 is 0. The second kappa shape index (κ2) is 4.50. The molecule has 16 heavy (non-hydrogen) atoms. The molecule has 0 aliphatic carbocycles. The maximum Gasteiger partial charge on any atom is 0.0855 e. The molecule has 2 atom stereocenters. The highest BCUT2D eigenvalue weighted by Gasteiger charge is 2.15. The van der Waals surface area contributed by atoms with Crippen molar-refractivity contribution in [2.24, 2.45) is 5.92 Å². The molecule has 82 valence electrons. The number of aliphatic hydroxyl groups is 1. The normalized spacial score (nSPS) is 14.6. The molecule has 2 aromatic rings. The Labute approximate surface area is 96.0 Å². The Morgan fingerprint density at radius 2 is 1.81 bits per heavy atom. The van der Waals surface area contributed by atoms with Gasteiger partial charge in [0.05, 0.1) is 6.10 Å². The van der Waals surface area contributed by atoms with Gasteiger partial charge in [0.25, 0.3) is 0 Å². The van der Waals surface area contributed by atoms with Crippen LogP contribution in [0.3, 0.4) is 0 Å². The molecule has 0 aromatic heterocycles. The summed E-state index contributed by atoms with van der Waals surface area (Å²) in [7, 11) is 0. The summed E-state index contributed by atoms with van der Waals surface area (Å²) in [6.07, 6.45) is 1.30. The Morgan fingerprint density at radius 3 is 2.56 bits per heavy atom. The van der Waals surface area contributed by atoms with E-state index in [9.17, 15) is 5.11 Å². The summed E-state index contributed by atoms with van der Waals surface area (Å²) in [5.41, 5.74) is 0.977. The maximum atomic E-state index is 10.2. The Hall–Kier alpha value is -1.60. The van der Waals surface area contributed by atoms with Gasteiger partial charge in [-0.05, 0) is 16.3 Å². The smallest absolute Gasteiger partial charge is 0.0855 e. The van der Waals surface area contributed by atoms with Crippen molar-refractivity contribution in [3.8, 4) is 0 Å². The van der Waals surface area contributed by atoms with E-state index in [0.29, 0.717) is 0 Å². The van der Waals surface area contributed by atoms with Crippen LogP contribution in [0.1, 0.15) is 18.6 Å². The van der Waals surface area contributed by atoms with Crippen LogP contribution in [0.2, 0.25) is 0 Å². The van der Waals surface area contributed by atoms with Crippen molar-refractivity contribution in [1.29, 1.82) is 0 Å². The summed E-state index contributed by atoms with van der Waals surface area (Å²) in [5.74, 6) is 0.0609. The molecule has 0 unspecified atom stereocenters. The fourth-order valence-electron chi connectivity index (χ4n) is 1.92. The average molecular weight is 212 g/mol. The van der Waals surface area contributed by atoms with E-state index in [1.54, 1.807) is 6.08 Å². The molecule has 1 heteroatoms. The summed E-state index contributed by atoms with van der Waals surface area (Å²) in [4.78, 5) is 0. The number of hydrogen-bond acceptors (Lipinski definition) is 1. The zero-order valence-electron chi connectivity index (χ0n) is 9.43. The molecular formula is C15H16O. The van der Waals surface area contributed by atoms with E-state index in [1.165, 1.54) is 0 Å². The van der Waals surface area contributed by atoms with Gasteiger partial charge in [-0.25, -0.2) is 0 Å². The van der Waals surface area contributed by atoms with E-state index in [-0.39, 0.29) is 5.92 Å². The highest BCUT2D eigenvalue weighted by Crippen LogP contribution is 2.29. The number of rotatable bonds is 3. The monoisotopic (exact) mass is 212 g/mol. The topological polar surface area (TPSA) is 20.2 Å². The minimum atomic E-state index is -0.483. The van der Waals surface area contributed by atoms with Crippen molar-refractivity contribution in [1.82, 2.24) is 0 Å². The molecule has 0 radical (unpaired) electrons. The summed E-state index contributed by atoms with van der Waals surface area (Å²) in [6, 6.07) is 14.1. The fourth-order valence-corrected chi connectivity index (χ4v) is 1.92. The molecule has 0 saturated heterocycles. The predicted octanol–water partition coefficient (Wildman–Crippen LogP) is 3.70. The number of aliphatic hydroxyl groups excluding tert-OH is 1. The van der Waals surface area contributed by atoms with Crippen LogP contribution in [0, 0.1) is 5.92 Å². The minimum Gasteiger partial charge on any atom is -0.388 e. The molecule has 0 heterocycles. The van der Waals surface area contributed by atoms with Crippen LogP contribution in [-0.4, -0.2) is 5.11 Å². The zero-order chi connectivity index (χ0) is 11.5. The van der Waals surface area contributed by atoms with E-state index in [0.717, 1.165) is 16.3 Å². The van der Waals surface area contributed by atoms with Gasteiger partial charge in [0.1, 0.15) is 0 Å². The van der Waals surface area contributed by atoms with Gasteiger partial charge in [-0.2, -0.15) is 0 Å². The zero-order valence-corrected chi connectivity index (χ0v) is 9.43. The van der Waals surface area contributed by atoms with Crippen LogP contribution >= 0.6 is 0 Å². The lowest BCUT2D eigenvalue weighted by atomic mass is 9.93. The molecule has 2 aromatic carbocycles. The summed E-state index contributed by atoms with van der Waals surface area (Å²) in [6.45, 7) is 5.70. The fraction of sp³-hybridized carbons (Fsp3) is 0.200.